The first kappa shape index (κ1) is 20.6. The number of aryl methyl sites for hydroxylation is 2. The Morgan fingerprint density at radius 1 is 1.25 bits per heavy atom. The number of carbonyl (C=O) groups is 1. The number of nitrogens with zero attached hydrogens (tertiary/aromatic N) is 3. The summed E-state index contributed by atoms with van der Waals surface area (Å²) in [5.74, 6) is 0.696. The second-order valence-electron chi connectivity index (χ2n) is 8.85. The van der Waals surface area contributed by atoms with Gasteiger partial charge in [0.15, 0.2) is 17.8 Å². The van der Waals surface area contributed by atoms with Crippen LogP contribution in [-0.4, -0.2) is 34.6 Å². The number of aliphatic imine (C=N–C) groups is 1. The summed E-state index contributed by atoms with van der Waals surface area (Å²) in [4.78, 5) is 24.1. The molecule has 1 aromatic carbocycles. The zero-order valence-electron chi connectivity index (χ0n) is 18.4. The number of aromatic nitrogens is 1. The number of halogens is 1. The van der Waals surface area contributed by atoms with Gasteiger partial charge in [-0.25, -0.2) is 9.37 Å². The van der Waals surface area contributed by atoms with Crippen molar-refractivity contribution in [1.29, 1.82) is 0 Å². The van der Waals surface area contributed by atoms with Gasteiger partial charge in [-0.3, -0.25) is 9.79 Å². The summed E-state index contributed by atoms with van der Waals surface area (Å²) in [7, 11) is 0. The van der Waals surface area contributed by atoms with E-state index in [1.165, 1.54) is 12.0 Å². The molecule has 0 unspecified atom stereocenters. The zero-order valence-corrected chi connectivity index (χ0v) is 18.4. The lowest BCUT2D eigenvalue weighted by molar-refractivity contribution is 0.0745. The number of rotatable bonds is 7. The molecule has 2 heterocycles. The van der Waals surface area contributed by atoms with Gasteiger partial charge in [-0.05, 0) is 73.9 Å². The fourth-order valence-electron chi connectivity index (χ4n) is 4.19. The van der Waals surface area contributed by atoms with Crippen molar-refractivity contribution in [3.8, 4) is 11.3 Å². The molecule has 5 nitrogen and oxygen atoms in total. The van der Waals surface area contributed by atoms with Crippen LogP contribution >= 0.6 is 0 Å². The minimum absolute atomic E-state index is 0.123. The van der Waals surface area contributed by atoms with Crippen LogP contribution in [0.25, 0.3) is 11.3 Å². The highest BCUT2D eigenvalue weighted by atomic mass is 19.1. The van der Waals surface area contributed by atoms with E-state index >= 15 is 0 Å². The molecule has 0 N–H and O–H groups in total. The third kappa shape index (κ3) is 4.09. The van der Waals surface area contributed by atoms with Crippen molar-refractivity contribution in [3.63, 3.8) is 0 Å². The van der Waals surface area contributed by atoms with E-state index in [2.05, 4.69) is 16.9 Å². The number of hydrogen-bond donors (Lipinski definition) is 0. The molecule has 0 bridgehead atoms. The average Bonchev–Trinajstić information content (AvgIpc) is 3.31. The average molecular weight is 432 g/mol. The van der Waals surface area contributed by atoms with Gasteiger partial charge >= 0.3 is 0 Å². The number of benzene rings is 1. The Hall–Kier alpha value is -3.28. The highest BCUT2D eigenvalue weighted by molar-refractivity contribution is 6.08. The van der Waals surface area contributed by atoms with Gasteiger partial charge in [0.2, 0.25) is 0 Å². The van der Waals surface area contributed by atoms with Crippen LogP contribution in [0.3, 0.4) is 0 Å². The molecule has 2 aromatic rings. The molecule has 1 amide bonds. The standard InChI is InChI=1S/C26H26FN3O2/c1-16-3-6-19(11-17(16)2)25-24(29-15-32-25)26(31)30(14-18-4-5-18)10-9-20-13-28-23-8-7-21(27)12-22(20)23/h3,6-7,11-13,15,18H,4-5,8-10,14H2,1-2H3. The predicted octanol–water partition coefficient (Wildman–Crippen LogP) is 5.72. The van der Waals surface area contributed by atoms with Crippen LogP contribution in [-0.2, 0) is 0 Å². The van der Waals surface area contributed by atoms with Crippen molar-refractivity contribution in [2.45, 2.75) is 39.5 Å². The highest BCUT2D eigenvalue weighted by Gasteiger charge is 2.31. The van der Waals surface area contributed by atoms with Gasteiger partial charge in [0.05, 0.1) is 5.71 Å². The van der Waals surface area contributed by atoms with E-state index in [1.54, 1.807) is 12.2 Å². The SMILES string of the molecule is Cc1ccc(-c2ocnc2C(=O)N(CCC2=CN=C3CC=C(F)C=C23)CC2CC2)cc1C. The van der Waals surface area contributed by atoms with Gasteiger partial charge in [0.1, 0.15) is 5.83 Å². The minimum Gasteiger partial charge on any atom is -0.443 e. The van der Waals surface area contributed by atoms with Crippen LogP contribution in [0.2, 0.25) is 0 Å². The van der Waals surface area contributed by atoms with Crippen LogP contribution in [0.5, 0.6) is 0 Å². The Labute approximate surface area is 187 Å². The second-order valence-corrected chi connectivity index (χ2v) is 8.85. The van der Waals surface area contributed by atoms with Gasteiger partial charge in [0, 0.05) is 36.8 Å². The monoisotopic (exact) mass is 431 g/mol. The summed E-state index contributed by atoms with van der Waals surface area (Å²) in [6.45, 7) is 5.33. The predicted molar refractivity (Wildman–Crippen MR) is 122 cm³/mol. The Balaban J connectivity index is 1.35. The Bertz CT molecular complexity index is 1200. The maximum atomic E-state index is 13.8. The summed E-state index contributed by atoms with van der Waals surface area (Å²) in [5, 5.41) is 0. The summed E-state index contributed by atoms with van der Waals surface area (Å²) in [5.41, 5.74) is 6.26. The number of carbonyl (C=O) groups excluding carboxylic acids is 1. The van der Waals surface area contributed by atoms with Crippen molar-refractivity contribution in [3.05, 3.63) is 76.7 Å². The second kappa shape index (κ2) is 8.34. The van der Waals surface area contributed by atoms with Crippen LogP contribution in [0.4, 0.5) is 4.39 Å². The van der Waals surface area contributed by atoms with Crippen LogP contribution < -0.4 is 0 Å². The molecular formula is C26H26FN3O2. The number of oxazole rings is 1. The fourth-order valence-corrected chi connectivity index (χ4v) is 4.19. The molecule has 5 rings (SSSR count). The summed E-state index contributed by atoms with van der Waals surface area (Å²) in [6.07, 6.45) is 9.67. The summed E-state index contributed by atoms with van der Waals surface area (Å²) >= 11 is 0. The molecule has 0 spiro atoms. The van der Waals surface area contributed by atoms with E-state index < -0.39 is 0 Å². The van der Waals surface area contributed by atoms with Crippen LogP contribution in [0.15, 0.2) is 69.3 Å². The van der Waals surface area contributed by atoms with Crippen LogP contribution in [0, 0.1) is 19.8 Å². The largest absolute Gasteiger partial charge is 0.443 e. The maximum Gasteiger partial charge on any atom is 0.276 e. The topological polar surface area (TPSA) is 58.7 Å². The normalized spacial score (nSPS) is 17.3. The number of allylic oxidation sites excluding steroid dienone is 4. The smallest absolute Gasteiger partial charge is 0.276 e. The Morgan fingerprint density at radius 3 is 2.88 bits per heavy atom. The first-order valence-electron chi connectivity index (χ1n) is 11.1. The molecule has 0 saturated heterocycles. The first-order valence-corrected chi connectivity index (χ1v) is 11.1. The molecule has 3 aliphatic rings. The molecule has 0 atom stereocenters. The summed E-state index contributed by atoms with van der Waals surface area (Å²) < 4.78 is 19.4. The summed E-state index contributed by atoms with van der Waals surface area (Å²) in [6, 6.07) is 6.02. The zero-order chi connectivity index (χ0) is 22.2. The van der Waals surface area contributed by atoms with Crippen molar-refractivity contribution in [2.24, 2.45) is 10.9 Å². The number of amides is 1. The maximum absolute atomic E-state index is 13.8. The molecule has 1 aromatic heterocycles. The number of fused-ring (bicyclic) bond motifs is 1. The lowest BCUT2D eigenvalue weighted by atomic mass is 9.95. The van der Waals surface area contributed by atoms with E-state index in [4.69, 9.17) is 4.42 Å². The lowest BCUT2D eigenvalue weighted by Gasteiger charge is -2.23. The molecule has 0 radical (unpaired) electrons. The van der Waals surface area contributed by atoms with Crippen LogP contribution in [0.1, 0.15) is 47.3 Å². The Kier molecular flexibility index (Phi) is 5.37. The Morgan fingerprint density at radius 2 is 2.09 bits per heavy atom. The van der Waals surface area contributed by atoms with Crippen molar-refractivity contribution in [2.75, 3.05) is 13.1 Å². The number of hydrogen-bond acceptors (Lipinski definition) is 4. The minimum atomic E-state index is -0.224. The molecule has 6 heteroatoms. The van der Waals surface area contributed by atoms with Gasteiger partial charge in [0.25, 0.3) is 5.91 Å². The van der Waals surface area contributed by atoms with E-state index in [1.807, 2.05) is 36.2 Å². The lowest BCUT2D eigenvalue weighted by Crippen LogP contribution is -2.34. The van der Waals surface area contributed by atoms with Crippen molar-refractivity contribution >= 4 is 11.6 Å². The van der Waals surface area contributed by atoms with E-state index in [9.17, 15) is 9.18 Å². The van der Waals surface area contributed by atoms with E-state index in [0.717, 1.165) is 40.8 Å². The molecule has 1 saturated carbocycles. The molecule has 164 valence electrons. The van der Waals surface area contributed by atoms with Crippen molar-refractivity contribution in [1.82, 2.24) is 9.88 Å². The third-order valence-corrected chi connectivity index (χ3v) is 6.46. The fraction of sp³-hybridized carbons (Fsp3) is 0.346. The first-order chi connectivity index (χ1) is 15.5. The molecule has 32 heavy (non-hydrogen) atoms. The molecule has 1 aliphatic heterocycles. The van der Waals surface area contributed by atoms with E-state index in [-0.39, 0.29) is 11.7 Å². The van der Waals surface area contributed by atoms with Gasteiger partial charge < -0.3 is 9.32 Å². The van der Waals surface area contributed by atoms with Crippen molar-refractivity contribution < 1.29 is 13.6 Å². The van der Waals surface area contributed by atoms with E-state index in [0.29, 0.717) is 43.3 Å². The molecule has 1 fully saturated rings. The van der Waals surface area contributed by atoms with Gasteiger partial charge in [-0.15, -0.1) is 0 Å². The third-order valence-electron chi connectivity index (χ3n) is 6.46. The van der Waals surface area contributed by atoms with Gasteiger partial charge in [-0.2, -0.15) is 0 Å². The molecule has 2 aliphatic carbocycles. The molecular weight excluding hydrogens is 405 g/mol. The highest BCUT2D eigenvalue weighted by Crippen LogP contribution is 2.33. The quantitative estimate of drug-likeness (QED) is 0.563. The van der Waals surface area contributed by atoms with Gasteiger partial charge in [-0.1, -0.05) is 12.1 Å².